The first-order chi connectivity index (χ1) is 7.67. The molecule has 1 rings (SSSR count). The van der Waals surface area contributed by atoms with Gasteiger partial charge < -0.3 is 10.6 Å². The molecule has 16 heavy (non-hydrogen) atoms. The average Bonchev–Trinajstić information content (AvgIpc) is 2.31. The van der Waals surface area contributed by atoms with Gasteiger partial charge in [-0.2, -0.15) is 0 Å². The van der Waals surface area contributed by atoms with Crippen LogP contribution in [0.25, 0.3) is 0 Å². The molecule has 0 spiro atoms. The van der Waals surface area contributed by atoms with E-state index in [2.05, 4.69) is 46.8 Å². The van der Waals surface area contributed by atoms with E-state index in [1.807, 2.05) is 12.1 Å². The molecule has 0 fully saturated rings. The first-order valence-electron chi connectivity index (χ1n) is 5.90. The minimum absolute atomic E-state index is 0.147. The SMILES string of the molecule is CCN(CC)CCC(N)c1ccc(Br)cc1. The van der Waals surface area contributed by atoms with Crippen LogP contribution in [0.15, 0.2) is 28.7 Å². The van der Waals surface area contributed by atoms with Gasteiger partial charge in [0.2, 0.25) is 0 Å². The summed E-state index contributed by atoms with van der Waals surface area (Å²) in [6.07, 6.45) is 1.02. The standard InChI is InChI=1S/C13H21BrN2/c1-3-16(4-2)10-9-13(15)11-5-7-12(14)8-6-11/h5-8,13H,3-4,9-10,15H2,1-2H3. The van der Waals surface area contributed by atoms with E-state index in [1.54, 1.807) is 0 Å². The fraction of sp³-hybridized carbons (Fsp3) is 0.538. The van der Waals surface area contributed by atoms with Crippen LogP contribution in [0, 0.1) is 0 Å². The van der Waals surface area contributed by atoms with E-state index in [4.69, 9.17) is 5.73 Å². The van der Waals surface area contributed by atoms with Crippen LogP contribution in [0.4, 0.5) is 0 Å². The summed E-state index contributed by atoms with van der Waals surface area (Å²) in [6, 6.07) is 8.43. The maximum atomic E-state index is 6.16. The highest BCUT2D eigenvalue weighted by Gasteiger charge is 2.07. The summed E-state index contributed by atoms with van der Waals surface area (Å²) >= 11 is 3.43. The summed E-state index contributed by atoms with van der Waals surface area (Å²) in [5, 5.41) is 0. The van der Waals surface area contributed by atoms with Crippen LogP contribution in [0.1, 0.15) is 31.9 Å². The zero-order valence-electron chi connectivity index (χ0n) is 10.1. The molecule has 1 atom stereocenters. The molecule has 0 radical (unpaired) electrons. The molecule has 0 aromatic heterocycles. The number of nitrogens with two attached hydrogens (primary N) is 1. The molecule has 0 bridgehead atoms. The van der Waals surface area contributed by atoms with Crippen LogP contribution in [-0.4, -0.2) is 24.5 Å². The molecular weight excluding hydrogens is 264 g/mol. The van der Waals surface area contributed by atoms with Crippen molar-refractivity contribution in [1.82, 2.24) is 4.90 Å². The maximum absolute atomic E-state index is 6.16. The molecule has 0 saturated heterocycles. The van der Waals surface area contributed by atoms with E-state index in [-0.39, 0.29) is 6.04 Å². The van der Waals surface area contributed by atoms with E-state index in [0.717, 1.165) is 30.5 Å². The van der Waals surface area contributed by atoms with E-state index < -0.39 is 0 Å². The summed E-state index contributed by atoms with van der Waals surface area (Å²) < 4.78 is 1.10. The molecule has 0 heterocycles. The number of halogens is 1. The second-order valence-electron chi connectivity index (χ2n) is 3.97. The van der Waals surface area contributed by atoms with Gasteiger partial charge in [-0.1, -0.05) is 41.9 Å². The Hall–Kier alpha value is -0.380. The van der Waals surface area contributed by atoms with Crippen LogP contribution < -0.4 is 5.73 Å². The topological polar surface area (TPSA) is 29.3 Å². The fourth-order valence-corrected chi connectivity index (χ4v) is 2.00. The van der Waals surface area contributed by atoms with Crippen molar-refractivity contribution in [1.29, 1.82) is 0 Å². The van der Waals surface area contributed by atoms with Crippen molar-refractivity contribution in [3.63, 3.8) is 0 Å². The zero-order chi connectivity index (χ0) is 12.0. The Morgan fingerprint density at radius 1 is 1.19 bits per heavy atom. The van der Waals surface area contributed by atoms with Gasteiger partial charge in [-0.3, -0.25) is 0 Å². The van der Waals surface area contributed by atoms with Crippen molar-refractivity contribution in [3.05, 3.63) is 34.3 Å². The van der Waals surface area contributed by atoms with Gasteiger partial charge in [0.1, 0.15) is 0 Å². The molecule has 2 nitrogen and oxygen atoms in total. The van der Waals surface area contributed by atoms with Gasteiger partial charge in [-0.15, -0.1) is 0 Å². The molecule has 0 aliphatic rings. The number of benzene rings is 1. The lowest BCUT2D eigenvalue weighted by molar-refractivity contribution is 0.291. The summed E-state index contributed by atoms with van der Waals surface area (Å²) in [4.78, 5) is 2.40. The van der Waals surface area contributed by atoms with Crippen molar-refractivity contribution in [2.24, 2.45) is 5.73 Å². The summed E-state index contributed by atoms with van der Waals surface area (Å²) in [6.45, 7) is 7.65. The van der Waals surface area contributed by atoms with Gasteiger partial charge in [0.25, 0.3) is 0 Å². The van der Waals surface area contributed by atoms with Crippen LogP contribution >= 0.6 is 15.9 Å². The Labute approximate surface area is 107 Å². The van der Waals surface area contributed by atoms with Gasteiger partial charge in [0, 0.05) is 10.5 Å². The third-order valence-electron chi connectivity index (χ3n) is 2.95. The number of nitrogens with zero attached hydrogens (tertiary/aromatic N) is 1. The largest absolute Gasteiger partial charge is 0.324 e. The van der Waals surface area contributed by atoms with Crippen molar-refractivity contribution in [2.75, 3.05) is 19.6 Å². The lowest BCUT2D eigenvalue weighted by atomic mass is 10.0. The van der Waals surface area contributed by atoms with Crippen molar-refractivity contribution in [2.45, 2.75) is 26.3 Å². The zero-order valence-corrected chi connectivity index (χ0v) is 11.7. The van der Waals surface area contributed by atoms with Gasteiger partial charge >= 0.3 is 0 Å². The summed E-state index contributed by atoms with van der Waals surface area (Å²) in [7, 11) is 0. The first-order valence-corrected chi connectivity index (χ1v) is 6.70. The highest BCUT2D eigenvalue weighted by atomic mass is 79.9. The van der Waals surface area contributed by atoms with Crippen LogP contribution in [0.3, 0.4) is 0 Å². The summed E-state index contributed by atoms with van der Waals surface area (Å²) in [5.74, 6) is 0. The Balaban J connectivity index is 2.46. The maximum Gasteiger partial charge on any atom is 0.0307 e. The Kier molecular flexibility index (Phi) is 6.03. The van der Waals surface area contributed by atoms with Gasteiger partial charge in [0.15, 0.2) is 0 Å². The molecule has 1 aromatic rings. The molecule has 1 aromatic carbocycles. The Bertz CT molecular complexity index is 293. The van der Waals surface area contributed by atoms with Crippen LogP contribution in [0.5, 0.6) is 0 Å². The van der Waals surface area contributed by atoms with E-state index in [1.165, 1.54) is 5.56 Å². The van der Waals surface area contributed by atoms with Crippen molar-refractivity contribution >= 4 is 15.9 Å². The Morgan fingerprint density at radius 2 is 1.75 bits per heavy atom. The second kappa shape index (κ2) is 7.05. The molecule has 0 amide bonds. The quantitative estimate of drug-likeness (QED) is 0.869. The van der Waals surface area contributed by atoms with E-state index in [0.29, 0.717) is 0 Å². The smallest absolute Gasteiger partial charge is 0.0307 e. The predicted molar refractivity (Wildman–Crippen MR) is 73.5 cm³/mol. The highest BCUT2D eigenvalue weighted by molar-refractivity contribution is 9.10. The molecule has 0 saturated carbocycles. The third kappa shape index (κ3) is 4.24. The predicted octanol–water partition coefficient (Wildman–Crippen LogP) is 3.18. The van der Waals surface area contributed by atoms with Crippen LogP contribution in [-0.2, 0) is 0 Å². The lowest BCUT2D eigenvalue weighted by Gasteiger charge is -2.20. The molecule has 0 aliphatic heterocycles. The minimum Gasteiger partial charge on any atom is -0.324 e. The third-order valence-corrected chi connectivity index (χ3v) is 3.48. The molecule has 2 N–H and O–H groups in total. The van der Waals surface area contributed by atoms with Crippen molar-refractivity contribution < 1.29 is 0 Å². The molecule has 90 valence electrons. The van der Waals surface area contributed by atoms with Gasteiger partial charge in [0.05, 0.1) is 0 Å². The Morgan fingerprint density at radius 3 is 2.25 bits per heavy atom. The average molecular weight is 285 g/mol. The van der Waals surface area contributed by atoms with E-state index >= 15 is 0 Å². The molecule has 1 unspecified atom stereocenters. The number of hydrogen-bond donors (Lipinski definition) is 1. The monoisotopic (exact) mass is 284 g/mol. The number of hydrogen-bond acceptors (Lipinski definition) is 2. The molecular formula is C13H21BrN2. The lowest BCUT2D eigenvalue weighted by Crippen LogP contribution is -2.27. The number of rotatable bonds is 6. The van der Waals surface area contributed by atoms with Gasteiger partial charge in [-0.25, -0.2) is 0 Å². The second-order valence-corrected chi connectivity index (χ2v) is 4.89. The first kappa shape index (κ1) is 13.7. The van der Waals surface area contributed by atoms with E-state index in [9.17, 15) is 0 Å². The minimum atomic E-state index is 0.147. The fourth-order valence-electron chi connectivity index (χ4n) is 1.74. The normalized spacial score (nSPS) is 13.1. The van der Waals surface area contributed by atoms with Crippen molar-refractivity contribution in [3.8, 4) is 0 Å². The molecule has 3 heteroatoms. The molecule has 0 aliphatic carbocycles. The van der Waals surface area contributed by atoms with Crippen LogP contribution in [0.2, 0.25) is 0 Å². The van der Waals surface area contributed by atoms with Gasteiger partial charge in [-0.05, 0) is 43.8 Å². The highest BCUT2D eigenvalue weighted by Crippen LogP contribution is 2.17. The summed E-state index contributed by atoms with van der Waals surface area (Å²) in [5.41, 5.74) is 7.38.